The van der Waals surface area contributed by atoms with Crippen LogP contribution in [0.5, 0.6) is 17.2 Å². The molecule has 0 bridgehead atoms. The van der Waals surface area contributed by atoms with Gasteiger partial charge in [0, 0.05) is 0 Å². The molecule has 0 saturated heterocycles. The van der Waals surface area contributed by atoms with E-state index in [2.05, 4.69) is 4.72 Å². The highest BCUT2D eigenvalue weighted by molar-refractivity contribution is 7.89. The number of ether oxygens (including phenoxy) is 3. The Balaban J connectivity index is 1.97. The summed E-state index contributed by atoms with van der Waals surface area (Å²) in [7, 11) is -2.59. The Kier molecular flexibility index (Phi) is 6.49. The normalized spacial score (nSPS) is 13.9. The van der Waals surface area contributed by atoms with Gasteiger partial charge in [0.25, 0.3) is 5.91 Å². The van der Waals surface area contributed by atoms with Crippen molar-refractivity contribution in [2.75, 3.05) is 13.9 Å². The van der Waals surface area contributed by atoms with E-state index in [9.17, 15) is 13.2 Å². The lowest BCUT2D eigenvalue weighted by molar-refractivity contribution is -0.131. The highest BCUT2D eigenvalue weighted by Gasteiger charge is 2.30. The Morgan fingerprint density at radius 3 is 2.57 bits per heavy atom. The smallest absolute Gasteiger partial charge is 0.261 e. The Morgan fingerprint density at radius 2 is 1.90 bits per heavy atom. The molecular formula is C20H24N2O7S. The topological polar surface area (TPSA) is 123 Å². The molecule has 0 fully saturated rings. The summed E-state index contributed by atoms with van der Waals surface area (Å²) in [6.45, 7) is 3.49. The molecule has 2 aromatic rings. The SMILES string of the molecule is COc1ccc(S(=O)(=O)N[C@@H](C(=O)NO)C(C)C)c(Cc2ccc3c(c2)OCO3)c1. The molecule has 10 heteroatoms. The number of hydrogen-bond donors (Lipinski definition) is 3. The third kappa shape index (κ3) is 4.66. The van der Waals surface area contributed by atoms with Gasteiger partial charge < -0.3 is 14.2 Å². The first-order valence-corrected chi connectivity index (χ1v) is 10.7. The Hall–Kier alpha value is -2.82. The standard InChI is InChI=1S/C20H24N2O7S/c1-12(2)19(20(23)21-24)22-30(25,26)18-7-5-15(27-3)10-14(18)8-13-4-6-16-17(9-13)29-11-28-16/h4-7,9-10,12,19,22,24H,8,11H2,1-3H3,(H,21,23)/t19-/m1/s1. The van der Waals surface area contributed by atoms with E-state index in [1.807, 2.05) is 6.07 Å². The van der Waals surface area contributed by atoms with Crippen LogP contribution in [-0.2, 0) is 21.2 Å². The number of rotatable bonds is 8. The van der Waals surface area contributed by atoms with Crippen LogP contribution in [0, 0.1) is 5.92 Å². The number of carbonyl (C=O) groups is 1. The molecule has 3 N–H and O–H groups in total. The summed E-state index contributed by atoms with van der Waals surface area (Å²) in [6.07, 6.45) is 0.280. The van der Waals surface area contributed by atoms with Crippen molar-refractivity contribution in [2.45, 2.75) is 31.2 Å². The van der Waals surface area contributed by atoms with Gasteiger partial charge in [-0.25, -0.2) is 13.9 Å². The molecule has 0 aliphatic carbocycles. The zero-order chi connectivity index (χ0) is 21.9. The van der Waals surface area contributed by atoms with Crippen LogP contribution in [0.25, 0.3) is 0 Å². The van der Waals surface area contributed by atoms with Gasteiger partial charge in [0.2, 0.25) is 16.8 Å². The van der Waals surface area contributed by atoms with Crippen molar-refractivity contribution >= 4 is 15.9 Å². The molecule has 0 radical (unpaired) electrons. The number of hydrogen-bond acceptors (Lipinski definition) is 7. The Labute approximate surface area is 175 Å². The predicted molar refractivity (Wildman–Crippen MR) is 107 cm³/mol. The predicted octanol–water partition coefficient (Wildman–Crippen LogP) is 1.82. The second kappa shape index (κ2) is 8.90. The van der Waals surface area contributed by atoms with E-state index < -0.39 is 22.0 Å². The number of amides is 1. The van der Waals surface area contributed by atoms with Crippen molar-refractivity contribution < 1.29 is 32.6 Å². The molecule has 0 saturated carbocycles. The van der Waals surface area contributed by atoms with Crippen LogP contribution in [0.4, 0.5) is 0 Å². The van der Waals surface area contributed by atoms with E-state index in [1.165, 1.54) is 24.7 Å². The highest BCUT2D eigenvalue weighted by Crippen LogP contribution is 2.34. The van der Waals surface area contributed by atoms with Crippen molar-refractivity contribution in [3.63, 3.8) is 0 Å². The molecule has 0 spiro atoms. The van der Waals surface area contributed by atoms with Crippen LogP contribution in [0.2, 0.25) is 0 Å². The number of benzene rings is 2. The summed E-state index contributed by atoms with van der Waals surface area (Å²) < 4.78 is 44.5. The van der Waals surface area contributed by atoms with Crippen LogP contribution < -0.4 is 24.4 Å². The molecule has 9 nitrogen and oxygen atoms in total. The molecule has 1 aliphatic heterocycles. The summed E-state index contributed by atoms with van der Waals surface area (Å²) in [4.78, 5) is 11.9. The number of fused-ring (bicyclic) bond motifs is 1. The van der Waals surface area contributed by atoms with E-state index in [0.29, 0.717) is 22.8 Å². The third-order valence-corrected chi connectivity index (χ3v) is 6.27. The third-order valence-electron chi connectivity index (χ3n) is 4.73. The van der Waals surface area contributed by atoms with Crippen LogP contribution in [-0.4, -0.2) is 39.5 Å². The second-order valence-corrected chi connectivity index (χ2v) is 8.84. The monoisotopic (exact) mass is 436 g/mol. The number of carbonyl (C=O) groups excluding carboxylic acids is 1. The molecule has 1 atom stereocenters. The summed E-state index contributed by atoms with van der Waals surface area (Å²) in [6, 6.07) is 8.85. The molecule has 2 aromatic carbocycles. The number of sulfonamides is 1. The first-order chi connectivity index (χ1) is 14.2. The van der Waals surface area contributed by atoms with Crippen LogP contribution in [0.15, 0.2) is 41.3 Å². The lowest BCUT2D eigenvalue weighted by atomic mass is 10.0. The van der Waals surface area contributed by atoms with Crippen molar-refractivity contribution in [3.8, 4) is 17.2 Å². The second-order valence-electron chi connectivity index (χ2n) is 7.16. The summed E-state index contributed by atoms with van der Waals surface area (Å²) in [5.41, 5.74) is 2.80. The number of hydroxylamine groups is 1. The maximum atomic E-state index is 13.1. The fraction of sp³-hybridized carbons (Fsp3) is 0.350. The van der Waals surface area contributed by atoms with E-state index >= 15 is 0 Å². The number of methoxy groups -OCH3 is 1. The first-order valence-electron chi connectivity index (χ1n) is 9.27. The lowest BCUT2D eigenvalue weighted by Gasteiger charge is -2.21. The van der Waals surface area contributed by atoms with Gasteiger partial charge in [-0.05, 0) is 53.8 Å². The van der Waals surface area contributed by atoms with Gasteiger partial charge in [0.1, 0.15) is 11.8 Å². The molecule has 0 unspecified atom stereocenters. The van der Waals surface area contributed by atoms with Crippen LogP contribution >= 0.6 is 0 Å². The minimum Gasteiger partial charge on any atom is -0.497 e. The van der Waals surface area contributed by atoms with Crippen LogP contribution in [0.3, 0.4) is 0 Å². The summed E-state index contributed by atoms with van der Waals surface area (Å²) in [5.74, 6) is 0.506. The number of nitrogens with one attached hydrogen (secondary N) is 2. The van der Waals surface area contributed by atoms with Crippen molar-refractivity contribution in [1.82, 2.24) is 10.2 Å². The fourth-order valence-electron chi connectivity index (χ4n) is 3.15. The molecule has 3 rings (SSSR count). The van der Waals surface area contributed by atoms with Gasteiger partial charge in [0.15, 0.2) is 11.5 Å². The zero-order valence-corrected chi connectivity index (χ0v) is 17.7. The quantitative estimate of drug-likeness (QED) is 0.426. The minimum atomic E-state index is -4.08. The van der Waals surface area contributed by atoms with E-state index in [-0.39, 0.29) is 24.0 Å². The van der Waals surface area contributed by atoms with Crippen molar-refractivity contribution in [1.29, 1.82) is 0 Å². The highest BCUT2D eigenvalue weighted by atomic mass is 32.2. The zero-order valence-electron chi connectivity index (χ0n) is 16.8. The fourth-order valence-corrected chi connectivity index (χ4v) is 4.71. The minimum absolute atomic E-state index is 0.0114. The molecule has 1 aliphatic rings. The maximum absolute atomic E-state index is 13.1. The molecular weight excluding hydrogens is 412 g/mol. The lowest BCUT2D eigenvalue weighted by Crippen LogP contribution is -2.48. The van der Waals surface area contributed by atoms with Gasteiger partial charge in [-0.15, -0.1) is 0 Å². The summed E-state index contributed by atoms with van der Waals surface area (Å²) >= 11 is 0. The molecule has 1 amide bonds. The maximum Gasteiger partial charge on any atom is 0.261 e. The van der Waals surface area contributed by atoms with E-state index in [4.69, 9.17) is 19.4 Å². The molecule has 1 heterocycles. The van der Waals surface area contributed by atoms with Crippen molar-refractivity contribution in [2.24, 2.45) is 5.92 Å². The Bertz CT molecular complexity index is 1040. The van der Waals surface area contributed by atoms with Gasteiger partial charge in [-0.2, -0.15) is 4.72 Å². The van der Waals surface area contributed by atoms with E-state index in [0.717, 1.165) is 5.56 Å². The molecule has 30 heavy (non-hydrogen) atoms. The van der Waals surface area contributed by atoms with Crippen LogP contribution in [0.1, 0.15) is 25.0 Å². The van der Waals surface area contributed by atoms with Crippen molar-refractivity contribution in [3.05, 3.63) is 47.5 Å². The van der Waals surface area contributed by atoms with Gasteiger partial charge >= 0.3 is 0 Å². The largest absolute Gasteiger partial charge is 0.497 e. The molecule has 0 aromatic heterocycles. The van der Waals surface area contributed by atoms with Gasteiger partial charge in [0.05, 0.1) is 12.0 Å². The first kappa shape index (κ1) is 21.9. The van der Waals surface area contributed by atoms with E-state index in [1.54, 1.807) is 32.0 Å². The molecule has 162 valence electrons. The Morgan fingerprint density at radius 1 is 1.17 bits per heavy atom. The average Bonchev–Trinajstić information content (AvgIpc) is 3.19. The average molecular weight is 436 g/mol. The van der Waals surface area contributed by atoms with Gasteiger partial charge in [-0.1, -0.05) is 19.9 Å². The summed E-state index contributed by atoms with van der Waals surface area (Å²) in [5, 5.41) is 8.94. The van der Waals surface area contributed by atoms with Gasteiger partial charge in [-0.3, -0.25) is 10.0 Å².